The summed E-state index contributed by atoms with van der Waals surface area (Å²) >= 11 is 0. The Labute approximate surface area is 246 Å². The Morgan fingerprint density at radius 1 is 0.833 bits per heavy atom. The van der Waals surface area contributed by atoms with Crippen molar-refractivity contribution in [2.75, 3.05) is 48.1 Å². The zero-order chi connectivity index (χ0) is 29.6. The molecule has 0 bridgehead atoms. The van der Waals surface area contributed by atoms with Gasteiger partial charge < -0.3 is 29.0 Å². The fourth-order valence-corrected chi connectivity index (χ4v) is 6.02. The summed E-state index contributed by atoms with van der Waals surface area (Å²) in [5.74, 6) is 1.81. The van der Waals surface area contributed by atoms with Crippen LogP contribution in [0.2, 0.25) is 0 Å². The monoisotopic (exact) mass is 574 g/mol. The predicted octanol–water partition coefficient (Wildman–Crippen LogP) is 4.21. The van der Waals surface area contributed by atoms with Gasteiger partial charge in [-0.05, 0) is 77.8 Å². The van der Waals surface area contributed by atoms with Crippen molar-refractivity contribution >= 4 is 11.9 Å². The number of aryl methyl sites for hydroxylation is 1. The van der Waals surface area contributed by atoms with E-state index in [2.05, 4.69) is 22.3 Å². The lowest BCUT2D eigenvalue weighted by atomic mass is 9.88. The molecule has 2 unspecified atom stereocenters. The van der Waals surface area contributed by atoms with Gasteiger partial charge in [0.15, 0.2) is 29.6 Å². The van der Waals surface area contributed by atoms with Crippen LogP contribution in [0.25, 0.3) is 0 Å². The number of hydrogen-bond donors (Lipinski definition) is 1. The quantitative estimate of drug-likeness (QED) is 0.341. The van der Waals surface area contributed by atoms with Crippen LogP contribution in [-0.4, -0.2) is 64.9 Å². The second-order valence-electron chi connectivity index (χ2n) is 10.6. The van der Waals surface area contributed by atoms with Crippen molar-refractivity contribution in [3.8, 4) is 23.0 Å². The molecule has 1 amide bonds. The average Bonchev–Trinajstić information content (AvgIpc) is 3.42. The Hall–Kier alpha value is -4.24. The normalized spacial score (nSPS) is 17.5. The van der Waals surface area contributed by atoms with E-state index in [1.54, 1.807) is 21.3 Å². The molecule has 0 fully saturated rings. The molecule has 222 valence electrons. The van der Waals surface area contributed by atoms with Gasteiger partial charge in [0.05, 0.1) is 41.0 Å². The van der Waals surface area contributed by atoms with Crippen molar-refractivity contribution in [1.29, 1.82) is 0 Å². The fourth-order valence-electron chi connectivity index (χ4n) is 6.02. The maximum atomic E-state index is 13.5. The van der Waals surface area contributed by atoms with E-state index in [1.165, 1.54) is 18.2 Å². The van der Waals surface area contributed by atoms with E-state index >= 15 is 0 Å². The van der Waals surface area contributed by atoms with Crippen molar-refractivity contribution in [2.45, 2.75) is 37.8 Å². The smallest absolute Gasteiger partial charge is 0.343 e. The summed E-state index contributed by atoms with van der Waals surface area (Å²) < 4.78 is 27.2. The molecule has 2 atom stereocenters. The van der Waals surface area contributed by atoms with Gasteiger partial charge in [0.1, 0.15) is 0 Å². The van der Waals surface area contributed by atoms with Crippen LogP contribution in [-0.2, 0) is 33.6 Å². The van der Waals surface area contributed by atoms with E-state index < -0.39 is 5.97 Å². The highest BCUT2D eigenvalue weighted by Gasteiger charge is 2.32. The van der Waals surface area contributed by atoms with Crippen LogP contribution in [0.1, 0.15) is 46.3 Å². The molecule has 0 saturated carbocycles. The molecule has 1 heterocycles. The first kappa shape index (κ1) is 29.3. The van der Waals surface area contributed by atoms with Crippen LogP contribution < -0.4 is 24.3 Å². The number of fused-ring (bicyclic) bond motifs is 2. The fraction of sp³-hybridized carbons (Fsp3) is 0.394. The lowest BCUT2D eigenvalue weighted by Crippen LogP contribution is -2.44. The van der Waals surface area contributed by atoms with Gasteiger partial charge in [0, 0.05) is 12.6 Å². The number of benzene rings is 3. The topological polar surface area (TPSA) is 95.6 Å². The third kappa shape index (κ3) is 6.31. The van der Waals surface area contributed by atoms with Gasteiger partial charge in [-0.25, -0.2) is 4.79 Å². The molecular weight excluding hydrogens is 536 g/mol. The zero-order valence-electron chi connectivity index (χ0n) is 24.6. The Kier molecular flexibility index (Phi) is 9.17. The molecule has 42 heavy (non-hydrogen) atoms. The number of hydrogen-bond acceptors (Lipinski definition) is 8. The van der Waals surface area contributed by atoms with Crippen LogP contribution in [0.15, 0.2) is 54.6 Å². The molecule has 1 N–H and O–H groups in total. The number of nitrogens with one attached hydrogen (secondary N) is 1. The molecule has 5 rings (SSSR count). The van der Waals surface area contributed by atoms with Gasteiger partial charge >= 0.3 is 5.97 Å². The summed E-state index contributed by atoms with van der Waals surface area (Å²) in [6.45, 7) is 0.715. The molecule has 1 aliphatic carbocycles. The molecule has 0 spiro atoms. The van der Waals surface area contributed by atoms with Crippen molar-refractivity contribution in [1.82, 2.24) is 10.2 Å². The number of ether oxygens (including phenoxy) is 5. The number of esters is 1. The summed E-state index contributed by atoms with van der Waals surface area (Å²) in [6.07, 6.45) is 3.24. The minimum atomic E-state index is -0.483. The van der Waals surface area contributed by atoms with E-state index in [0.29, 0.717) is 36.0 Å². The van der Waals surface area contributed by atoms with E-state index in [4.69, 9.17) is 23.7 Å². The first-order valence-electron chi connectivity index (χ1n) is 14.2. The van der Waals surface area contributed by atoms with Crippen molar-refractivity contribution in [2.24, 2.45) is 0 Å². The van der Waals surface area contributed by atoms with Gasteiger partial charge in [0.25, 0.3) is 0 Å². The molecule has 3 aromatic rings. The lowest BCUT2D eigenvalue weighted by Gasteiger charge is -2.38. The average molecular weight is 575 g/mol. The Morgan fingerprint density at radius 2 is 1.60 bits per heavy atom. The lowest BCUT2D eigenvalue weighted by molar-refractivity contribution is -0.143. The SMILES string of the molecule is COC(=O)COc1cc2c(cc1OC)CCN(CC(=O)NC1CCc3ccccc31)C2Cc1ccc(OC)c(OC)c1. The molecule has 0 saturated heterocycles. The number of methoxy groups -OCH3 is 4. The van der Waals surface area contributed by atoms with Crippen molar-refractivity contribution in [3.05, 3.63) is 82.4 Å². The van der Waals surface area contributed by atoms with Crippen LogP contribution >= 0.6 is 0 Å². The van der Waals surface area contributed by atoms with Crippen LogP contribution in [0.5, 0.6) is 23.0 Å². The van der Waals surface area contributed by atoms with E-state index in [0.717, 1.165) is 36.0 Å². The second kappa shape index (κ2) is 13.2. The Bertz CT molecular complexity index is 1440. The summed E-state index contributed by atoms with van der Waals surface area (Å²) in [5, 5.41) is 3.28. The molecule has 0 aromatic heterocycles. The Balaban J connectivity index is 1.44. The molecular formula is C33H38N2O7. The predicted molar refractivity (Wildman–Crippen MR) is 157 cm³/mol. The third-order valence-corrected chi connectivity index (χ3v) is 8.16. The molecule has 9 heteroatoms. The Morgan fingerprint density at radius 3 is 2.36 bits per heavy atom. The molecule has 3 aromatic carbocycles. The summed E-state index contributed by atoms with van der Waals surface area (Å²) in [4.78, 5) is 27.5. The van der Waals surface area contributed by atoms with E-state index in [9.17, 15) is 9.59 Å². The van der Waals surface area contributed by atoms with Gasteiger partial charge in [-0.3, -0.25) is 9.69 Å². The molecule has 1 aliphatic heterocycles. The molecule has 2 aliphatic rings. The van der Waals surface area contributed by atoms with Crippen molar-refractivity contribution < 1.29 is 33.3 Å². The number of amides is 1. The summed E-state index contributed by atoms with van der Waals surface area (Å²) in [6, 6.07) is 18.0. The number of nitrogens with zero attached hydrogens (tertiary/aromatic N) is 1. The minimum absolute atomic E-state index is 0.00635. The van der Waals surface area contributed by atoms with Crippen LogP contribution in [0.4, 0.5) is 0 Å². The largest absolute Gasteiger partial charge is 0.493 e. The number of rotatable bonds is 11. The van der Waals surface area contributed by atoms with E-state index in [1.807, 2.05) is 42.5 Å². The van der Waals surface area contributed by atoms with E-state index in [-0.39, 0.29) is 31.1 Å². The number of carbonyl (C=O) groups is 2. The maximum absolute atomic E-state index is 13.5. The van der Waals surface area contributed by atoms with Crippen molar-refractivity contribution in [3.63, 3.8) is 0 Å². The van der Waals surface area contributed by atoms with Crippen LogP contribution in [0, 0.1) is 0 Å². The maximum Gasteiger partial charge on any atom is 0.343 e. The highest BCUT2D eigenvalue weighted by Crippen LogP contribution is 2.40. The minimum Gasteiger partial charge on any atom is -0.493 e. The first-order chi connectivity index (χ1) is 20.4. The summed E-state index contributed by atoms with van der Waals surface area (Å²) in [7, 11) is 6.13. The standard InChI is InChI=1S/C33H38N2O7/c1-38-28-12-9-21(16-29(28)39-2)15-27-25-18-31(42-20-33(37)41-4)30(40-3)17-23(25)13-14-35(27)19-32(36)34-26-11-10-22-7-5-6-8-24(22)26/h5-9,12,16-18,26-27H,10-11,13-15,19-20H2,1-4H3,(H,34,36). The highest BCUT2D eigenvalue weighted by atomic mass is 16.6. The van der Waals surface area contributed by atoms with Gasteiger partial charge in [-0.1, -0.05) is 30.3 Å². The highest BCUT2D eigenvalue weighted by molar-refractivity contribution is 5.79. The molecule has 0 radical (unpaired) electrons. The van der Waals surface area contributed by atoms with Crippen LogP contribution in [0.3, 0.4) is 0 Å². The second-order valence-corrected chi connectivity index (χ2v) is 10.6. The van der Waals surface area contributed by atoms with Gasteiger partial charge in [0.2, 0.25) is 5.91 Å². The first-order valence-corrected chi connectivity index (χ1v) is 14.2. The number of carbonyl (C=O) groups excluding carboxylic acids is 2. The third-order valence-electron chi connectivity index (χ3n) is 8.16. The van der Waals surface area contributed by atoms with Gasteiger partial charge in [-0.2, -0.15) is 0 Å². The summed E-state index contributed by atoms with van der Waals surface area (Å²) in [5.41, 5.74) is 5.68. The molecule has 9 nitrogen and oxygen atoms in total. The zero-order valence-corrected chi connectivity index (χ0v) is 24.6. The van der Waals surface area contributed by atoms with Gasteiger partial charge in [-0.15, -0.1) is 0 Å².